The van der Waals surface area contributed by atoms with Crippen LogP contribution in [0, 0.1) is 0 Å². The van der Waals surface area contributed by atoms with Crippen molar-refractivity contribution in [1.29, 1.82) is 0 Å². The number of benzene rings is 2. The SMILES string of the molecule is Oc1ccc([C@@H]2CNCc3ccccc32)cc1O. The number of hydrogen-bond acceptors (Lipinski definition) is 3. The first-order valence-corrected chi connectivity index (χ1v) is 6.06. The van der Waals surface area contributed by atoms with Crippen molar-refractivity contribution in [1.82, 2.24) is 5.32 Å². The van der Waals surface area contributed by atoms with E-state index in [1.165, 1.54) is 11.1 Å². The lowest BCUT2D eigenvalue weighted by Crippen LogP contribution is -2.28. The fourth-order valence-corrected chi connectivity index (χ4v) is 2.55. The van der Waals surface area contributed by atoms with Crippen LogP contribution < -0.4 is 5.32 Å². The van der Waals surface area contributed by atoms with E-state index in [0.717, 1.165) is 18.7 Å². The van der Waals surface area contributed by atoms with Crippen LogP contribution in [-0.2, 0) is 6.54 Å². The zero-order valence-corrected chi connectivity index (χ0v) is 9.93. The molecule has 0 saturated heterocycles. The van der Waals surface area contributed by atoms with Crippen molar-refractivity contribution in [3.05, 3.63) is 59.2 Å². The minimum atomic E-state index is -0.0733. The molecule has 1 aliphatic heterocycles. The smallest absolute Gasteiger partial charge is 0.157 e. The van der Waals surface area contributed by atoms with Gasteiger partial charge in [-0.05, 0) is 28.8 Å². The molecule has 0 radical (unpaired) electrons. The minimum Gasteiger partial charge on any atom is -0.504 e. The van der Waals surface area contributed by atoms with Gasteiger partial charge in [-0.1, -0.05) is 30.3 Å². The molecule has 92 valence electrons. The van der Waals surface area contributed by atoms with Gasteiger partial charge in [0.15, 0.2) is 11.5 Å². The van der Waals surface area contributed by atoms with Crippen molar-refractivity contribution >= 4 is 0 Å². The highest BCUT2D eigenvalue weighted by Gasteiger charge is 2.21. The van der Waals surface area contributed by atoms with E-state index < -0.39 is 0 Å². The van der Waals surface area contributed by atoms with E-state index in [1.807, 2.05) is 18.2 Å². The normalized spacial score (nSPS) is 18.3. The third-order valence-electron chi connectivity index (χ3n) is 3.50. The van der Waals surface area contributed by atoms with E-state index in [0.29, 0.717) is 0 Å². The van der Waals surface area contributed by atoms with Crippen LogP contribution in [0.2, 0.25) is 0 Å². The Labute approximate surface area is 106 Å². The van der Waals surface area contributed by atoms with Crippen LogP contribution in [0.15, 0.2) is 42.5 Å². The van der Waals surface area contributed by atoms with Gasteiger partial charge >= 0.3 is 0 Å². The topological polar surface area (TPSA) is 52.5 Å². The lowest BCUT2D eigenvalue weighted by Gasteiger charge is -2.26. The molecule has 2 aromatic rings. The van der Waals surface area contributed by atoms with Crippen molar-refractivity contribution in [2.24, 2.45) is 0 Å². The van der Waals surface area contributed by atoms with Gasteiger partial charge < -0.3 is 15.5 Å². The van der Waals surface area contributed by atoms with E-state index in [4.69, 9.17) is 0 Å². The van der Waals surface area contributed by atoms with Crippen molar-refractivity contribution in [3.8, 4) is 11.5 Å². The van der Waals surface area contributed by atoms with Gasteiger partial charge in [-0.3, -0.25) is 0 Å². The standard InChI is InChI=1S/C15H15NO2/c17-14-6-5-10(7-15(14)18)13-9-16-8-11-3-1-2-4-12(11)13/h1-7,13,16-18H,8-9H2/t13-/m0/s1. The average Bonchev–Trinajstić information content (AvgIpc) is 2.41. The molecule has 0 spiro atoms. The Bertz CT molecular complexity index is 580. The summed E-state index contributed by atoms with van der Waals surface area (Å²) in [6.07, 6.45) is 0. The van der Waals surface area contributed by atoms with E-state index in [2.05, 4.69) is 17.4 Å². The summed E-state index contributed by atoms with van der Waals surface area (Å²) >= 11 is 0. The molecule has 0 aliphatic carbocycles. The predicted octanol–water partition coefficient (Wildman–Crippen LogP) is 2.33. The molecule has 0 aromatic heterocycles. The summed E-state index contributed by atoms with van der Waals surface area (Å²) in [6, 6.07) is 13.4. The maximum absolute atomic E-state index is 9.61. The molecule has 0 amide bonds. The fraction of sp³-hybridized carbons (Fsp3) is 0.200. The molecule has 3 N–H and O–H groups in total. The van der Waals surface area contributed by atoms with Crippen molar-refractivity contribution < 1.29 is 10.2 Å². The van der Waals surface area contributed by atoms with Gasteiger partial charge in [-0.25, -0.2) is 0 Å². The van der Waals surface area contributed by atoms with E-state index >= 15 is 0 Å². The highest BCUT2D eigenvalue weighted by Crippen LogP contribution is 2.34. The molecule has 1 heterocycles. The maximum atomic E-state index is 9.61. The molecule has 0 fully saturated rings. The first-order chi connectivity index (χ1) is 8.75. The minimum absolute atomic E-state index is 0.0597. The third-order valence-corrected chi connectivity index (χ3v) is 3.50. The van der Waals surface area contributed by atoms with Crippen LogP contribution in [0.1, 0.15) is 22.6 Å². The fourth-order valence-electron chi connectivity index (χ4n) is 2.55. The summed E-state index contributed by atoms with van der Waals surface area (Å²) in [7, 11) is 0. The van der Waals surface area contributed by atoms with Gasteiger partial charge in [0, 0.05) is 19.0 Å². The van der Waals surface area contributed by atoms with Gasteiger partial charge in [0.2, 0.25) is 0 Å². The molecule has 0 bridgehead atoms. The van der Waals surface area contributed by atoms with E-state index in [9.17, 15) is 10.2 Å². The van der Waals surface area contributed by atoms with Crippen LogP contribution >= 0.6 is 0 Å². The maximum Gasteiger partial charge on any atom is 0.157 e. The molecular formula is C15H15NO2. The first kappa shape index (κ1) is 11.1. The molecule has 3 rings (SSSR count). The Morgan fingerprint density at radius 1 is 1.00 bits per heavy atom. The second kappa shape index (κ2) is 4.35. The molecule has 3 heteroatoms. The van der Waals surface area contributed by atoms with Crippen molar-refractivity contribution in [2.45, 2.75) is 12.5 Å². The third kappa shape index (κ3) is 1.83. The number of rotatable bonds is 1. The monoisotopic (exact) mass is 241 g/mol. The summed E-state index contributed by atoms with van der Waals surface area (Å²) in [5.74, 6) is 0.0906. The number of fused-ring (bicyclic) bond motifs is 1. The lowest BCUT2D eigenvalue weighted by atomic mass is 9.85. The number of aromatic hydroxyl groups is 2. The van der Waals surface area contributed by atoms with Crippen LogP contribution in [0.3, 0.4) is 0 Å². The molecule has 2 aromatic carbocycles. The second-order valence-corrected chi connectivity index (χ2v) is 4.63. The number of phenols is 2. The Morgan fingerprint density at radius 2 is 1.83 bits per heavy atom. The highest BCUT2D eigenvalue weighted by atomic mass is 16.3. The number of hydrogen-bond donors (Lipinski definition) is 3. The average molecular weight is 241 g/mol. The van der Waals surface area contributed by atoms with Crippen LogP contribution in [0.25, 0.3) is 0 Å². The quantitative estimate of drug-likeness (QED) is 0.672. The second-order valence-electron chi connectivity index (χ2n) is 4.63. The van der Waals surface area contributed by atoms with E-state index in [1.54, 1.807) is 12.1 Å². The van der Waals surface area contributed by atoms with Gasteiger partial charge in [0.1, 0.15) is 0 Å². The van der Waals surface area contributed by atoms with Gasteiger partial charge in [-0.15, -0.1) is 0 Å². The van der Waals surface area contributed by atoms with Gasteiger partial charge in [0.25, 0.3) is 0 Å². The Hall–Kier alpha value is -2.00. The number of nitrogens with one attached hydrogen (secondary N) is 1. The van der Waals surface area contributed by atoms with Crippen molar-refractivity contribution in [2.75, 3.05) is 6.54 Å². The Morgan fingerprint density at radius 3 is 2.67 bits per heavy atom. The Balaban J connectivity index is 2.05. The zero-order chi connectivity index (χ0) is 12.5. The van der Waals surface area contributed by atoms with E-state index in [-0.39, 0.29) is 17.4 Å². The lowest BCUT2D eigenvalue weighted by molar-refractivity contribution is 0.402. The molecule has 0 unspecified atom stereocenters. The highest BCUT2D eigenvalue weighted by molar-refractivity contribution is 5.46. The summed E-state index contributed by atoms with van der Waals surface area (Å²) in [5, 5.41) is 22.4. The zero-order valence-electron chi connectivity index (χ0n) is 9.93. The molecule has 0 saturated carbocycles. The van der Waals surface area contributed by atoms with Crippen LogP contribution in [-0.4, -0.2) is 16.8 Å². The molecule has 18 heavy (non-hydrogen) atoms. The summed E-state index contributed by atoms with van der Waals surface area (Å²) in [4.78, 5) is 0. The summed E-state index contributed by atoms with van der Waals surface area (Å²) in [6.45, 7) is 1.73. The van der Waals surface area contributed by atoms with Crippen LogP contribution in [0.4, 0.5) is 0 Å². The molecular weight excluding hydrogens is 226 g/mol. The summed E-state index contributed by atoms with van der Waals surface area (Å²) in [5.41, 5.74) is 3.60. The van der Waals surface area contributed by atoms with Crippen molar-refractivity contribution in [3.63, 3.8) is 0 Å². The predicted molar refractivity (Wildman–Crippen MR) is 69.8 cm³/mol. The first-order valence-electron chi connectivity index (χ1n) is 6.06. The van der Waals surface area contributed by atoms with Gasteiger partial charge in [0.05, 0.1) is 0 Å². The largest absolute Gasteiger partial charge is 0.504 e. The van der Waals surface area contributed by atoms with Gasteiger partial charge in [-0.2, -0.15) is 0 Å². The molecule has 1 aliphatic rings. The Kier molecular flexibility index (Phi) is 2.68. The summed E-state index contributed by atoms with van der Waals surface area (Å²) < 4.78 is 0. The molecule has 1 atom stereocenters. The molecule has 3 nitrogen and oxygen atoms in total. The number of phenolic OH excluding ortho intramolecular Hbond substituents is 2. The van der Waals surface area contributed by atoms with Crippen LogP contribution in [0.5, 0.6) is 11.5 Å².